The number of aromatic nitrogens is 1. The van der Waals surface area contributed by atoms with Crippen LogP contribution in [0.2, 0.25) is 0 Å². The minimum absolute atomic E-state index is 0.132. The highest BCUT2D eigenvalue weighted by Gasteiger charge is 2.22. The number of nitrogens with zero attached hydrogens (tertiary/aromatic N) is 2. The molecule has 1 saturated heterocycles. The number of thiazole rings is 1. The molecule has 1 amide bonds. The monoisotopic (exact) mass is 303 g/mol. The quantitative estimate of drug-likeness (QED) is 0.943. The van der Waals surface area contributed by atoms with Crippen LogP contribution < -0.4 is 10.2 Å². The molecule has 110 valence electrons. The number of amides is 1. The average Bonchev–Trinajstić information content (AvgIpc) is 3.18. The molecule has 0 bridgehead atoms. The zero-order chi connectivity index (χ0) is 14.7. The van der Waals surface area contributed by atoms with Crippen LogP contribution in [0.4, 0.5) is 10.8 Å². The number of carbonyl (C=O) groups is 1. The third kappa shape index (κ3) is 3.22. The highest BCUT2D eigenvalue weighted by Crippen LogP contribution is 2.22. The Morgan fingerprint density at radius 1 is 1.43 bits per heavy atom. The Kier molecular flexibility index (Phi) is 4.17. The molecular formula is C15H17N3O2S. The molecule has 0 saturated carbocycles. The first kappa shape index (κ1) is 14.0. The molecule has 2 heterocycles. The van der Waals surface area contributed by atoms with Gasteiger partial charge in [0.2, 0.25) is 0 Å². The van der Waals surface area contributed by atoms with Crippen molar-refractivity contribution >= 4 is 28.1 Å². The summed E-state index contributed by atoms with van der Waals surface area (Å²) in [6.07, 6.45) is 3.02. The maximum Gasteiger partial charge on any atom is 0.257 e. The molecule has 0 aliphatic carbocycles. The smallest absolute Gasteiger partial charge is 0.257 e. The molecule has 1 N–H and O–H groups in total. The van der Waals surface area contributed by atoms with Gasteiger partial charge in [0.1, 0.15) is 0 Å². The number of hydrogen-bond acceptors (Lipinski definition) is 5. The maximum absolute atomic E-state index is 12.1. The Hall–Kier alpha value is -1.92. The van der Waals surface area contributed by atoms with Gasteiger partial charge in [0, 0.05) is 43.0 Å². The fourth-order valence-electron chi connectivity index (χ4n) is 2.43. The van der Waals surface area contributed by atoms with E-state index in [9.17, 15) is 4.79 Å². The molecule has 1 aromatic carbocycles. The van der Waals surface area contributed by atoms with E-state index in [1.165, 1.54) is 11.3 Å². The van der Waals surface area contributed by atoms with E-state index in [4.69, 9.17) is 4.74 Å². The van der Waals surface area contributed by atoms with Crippen molar-refractivity contribution in [3.8, 4) is 0 Å². The van der Waals surface area contributed by atoms with Crippen molar-refractivity contribution in [2.24, 2.45) is 0 Å². The lowest BCUT2D eigenvalue weighted by Gasteiger charge is -2.18. The van der Waals surface area contributed by atoms with E-state index in [-0.39, 0.29) is 5.91 Å². The molecule has 1 aromatic heterocycles. The van der Waals surface area contributed by atoms with Gasteiger partial charge in [0.05, 0.1) is 6.10 Å². The molecule has 1 atom stereocenters. The topological polar surface area (TPSA) is 54.5 Å². The van der Waals surface area contributed by atoms with E-state index in [0.717, 1.165) is 25.2 Å². The van der Waals surface area contributed by atoms with Crippen molar-refractivity contribution in [1.82, 2.24) is 4.98 Å². The highest BCUT2D eigenvalue weighted by molar-refractivity contribution is 7.13. The van der Waals surface area contributed by atoms with Crippen molar-refractivity contribution < 1.29 is 9.53 Å². The molecule has 1 aliphatic heterocycles. The molecule has 2 aromatic rings. The Labute approximate surface area is 127 Å². The first-order valence-corrected chi connectivity index (χ1v) is 7.73. The molecule has 3 rings (SSSR count). The van der Waals surface area contributed by atoms with Gasteiger partial charge in [-0.25, -0.2) is 4.98 Å². The standard InChI is InChI=1S/C15H17N3O2S/c1-20-13-6-8-18(10-13)12-4-2-11(3-5-12)14(19)17-15-16-7-9-21-15/h2-5,7,9,13H,6,8,10H2,1H3,(H,16,17,19). The summed E-state index contributed by atoms with van der Waals surface area (Å²) in [5.74, 6) is -0.132. The van der Waals surface area contributed by atoms with E-state index >= 15 is 0 Å². The van der Waals surface area contributed by atoms with Crippen molar-refractivity contribution in [1.29, 1.82) is 0 Å². The van der Waals surface area contributed by atoms with E-state index in [0.29, 0.717) is 16.8 Å². The minimum Gasteiger partial charge on any atom is -0.380 e. The van der Waals surface area contributed by atoms with Crippen LogP contribution in [0.15, 0.2) is 35.8 Å². The molecular weight excluding hydrogens is 286 g/mol. The maximum atomic E-state index is 12.1. The van der Waals surface area contributed by atoms with Crippen LogP contribution in [-0.2, 0) is 4.74 Å². The minimum atomic E-state index is -0.132. The van der Waals surface area contributed by atoms with Crippen molar-refractivity contribution in [3.63, 3.8) is 0 Å². The number of ether oxygens (including phenoxy) is 1. The first-order chi connectivity index (χ1) is 10.3. The second-order valence-corrected chi connectivity index (χ2v) is 5.83. The summed E-state index contributed by atoms with van der Waals surface area (Å²) >= 11 is 1.41. The summed E-state index contributed by atoms with van der Waals surface area (Å²) in [5, 5.41) is 5.23. The molecule has 1 unspecified atom stereocenters. The summed E-state index contributed by atoms with van der Waals surface area (Å²) in [6.45, 7) is 1.89. The lowest BCUT2D eigenvalue weighted by Crippen LogP contribution is -2.22. The molecule has 6 heteroatoms. The van der Waals surface area contributed by atoms with Crippen LogP contribution in [0.25, 0.3) is 0 Å². The van der Waals surface area contributed by atoms with Gasteiger partial charge in [0.25, 0.3) is 5.91 Å². The van der Waals surface area contributed by atoms with Crippen molar-refractivity contribution in [2.75, 3.05) is 30.4 Å². The van der Waals surface area contributed by atoms with Crippen LogP contribution >= 0.6 is 11.3 Å². The van der Waals surface area contributed by atoms with Crippen molar-refractivity contribution in [3.05, 3.63) is 41.4 Å². The summed E-state index contributed by atoms with van der Waals surface area (Å²) < 4.78 is 5.37. The first-order valence-electron chi connectivity index (χ1n) is 6.85. The molecule has 21 heavy (non-hydrogen) atoms. The summed E-state index contributed by atoms with van der Waals surface area (Å²) in [7, 11) is 1.75. The predicted octanol–water partition coefficient (Wildman–Crippen LogP) is 2.62. The molecule has 1 aliphatic rings. The third-order valence-electron chi connectivity index (χ3n) is 3.63. The highest BCUT2D eigenvalue weighted by atomic mass is 32.1. The van der Waals surface area contributed by atoms with Crippen molar-refractivity contribution in [2.45, 2.75) is 12.5 Å². The average molecular weight is 303 g/mol. The van der Waals surface area contributed by atoms with Crippen LogP contribution in [0.5, 0.6) is 0 Å². The van der Waals surface area contributed by atoms with Gasteiger partial charge in [-0.05, 0) is 30.7 Å². The number of hydrogen-bond donors (Lipinski definition) is 1. The van der Waals surface area contributed by atoms with Gasteiger partial charge in [0.15, 0.2) is 5.13 Å². The van der Waals surface area contributed by atoms with Crippen LogP contribution in [0.3, 0.4) is 0 Å². The molecule has 0 radical (unpaired) electrons. The van der Waals surface area contributed by atoms with Crippen LogP contribution in [0.1, 0.15) is 16.8 Å². The lowest BCUT2D eigenvalue weighted by atomic mass is 10.2. The van der Waals surface area contributed by atoms with E-state index < -0.39 is 0 Å². The van der Waals surface area contributed by atoms with Crippen LogP contribution in [-0.4, -0.2) is 37.2 Å². The van der Waals surface area contributed by atoms with Gasteiger partial charge in [-0.3, -0.25) is 10.1 Å². The van der Waals surface area contributed by atoms with Gasteiger partial charge in [-0.2, -0.15) is 0 Å². The van der Waals surface area contributed by atoms with Crippen LogP contribution in [0, 0.1) is 0 Å². The number of methoxy groups -OCH3 is 1. The lowest BCUT2D eigenvalue weighted by molar-refractivity contribution is 0.102. The van der Waals surface area contributed by atoms with E-state index in [1.807, 2.05) is 29.6 Å². The Morgan fingerprint density at radius 2 is 2.24 bits per heavy atom. The van der Waals surface area contributed by atoms with Gasteiger partial charge in [-0.1, -0.05) is 0 Å². The van der Waals surface area contributed by atoms with E-state index in [2.05, 4.69) is 15.2 Å². The molecule has 5 nitrogen and oxygen atoms in total. The van der Waals surface area contributed by atoms with E-state index in [1.54, 1.807) is 13.3 Å². The normalized spacial score (nSPS) is 18.0. The van der Waals surface area contributed by atoms with Gasteiger partial charge < -0.3 is 9.64 Å². The number of anilines is 2. The second-order valence-electron chi connectivity index (χ2n) is 4.93. The predicted molar refractivity (Wildman–Crippen MR) is 84.1 cm³/mol. The molecule has 1 fully saturated rings. The fraction of sp³-hybridized carbons (Fsp3) is 0.333. The zero-order valence-electron chi connectivity index (χ0n) is 11.8. The SMILES string of the molecule is COC1CCN(c2ccc(C(=O)Nc3nccs3)cc2)C1. The summed E-state index contributed by atoms with van der Waals surface area (Å²) in [5.41, 5.74) is 1.76. The zero-order valence-corrected chi connectivity index (χ0v) is 12.6. The third-order valence-corrected chi connectivity index (χ3v) is 4.31. The fourth-order valence-corrected chi connectivity index (χ4v) is 2.96. The number of nitrogens with one attached hydrogen (secondary N) is 1. The Morgan fingerprint density at radius 3 is 2.86 bits per heavy atom. The second kappa shape index (κ2) is 6.24. The summed E-state index contributed by atoms with van der Waals surface area (Å²) in [4.78, 5) is 18.4. The number of rotatable bonds is 4. The molecule has 0 spiro atoms. The Bertz CT molecular complexity index is 598. The largest absolute Gasteiger partial charge is 0.380 e. The van der Waals surface area contributed by atoms with Gasteiger partial charge >= 0.3 is 0 Å². The number of benzene rings is 1. The Balaban J connectivity index is 1.65. The number of carbonyl (C=O) groups excluding carboxylic acids is 1. The summed E-state index contributed by atoms with van der Waals surface area (Å²) in [6, 6.07) is 7.65. The van der Waals surface area contributed by atoms with Gasteiger partial charge in [-0.15, -0.1) is 11.3 Å².